The van der Waals surface area contributed by atoms with Crippen molar-refractivity contribution in [2.45, 2.75) is 132 Å². The average molecular weight is 799 g/mol. The molecule has 0 saturated heterocycles. The molecule has 312 valence electrons. The number of hydrogen-bond acceptors (Lipinski definition) is 4. The van der Waals surface area contributed by atoms with E-state index in [4.69, 9.17) is 22.1 Å². The maximum atomic E-state index is 14.1. The summed E-state index contributed by atoms with van der Waals surface area (Å²) in [6.45, 7) is 19.2. The van der Waals surface area contributed by atoms with Gasteiger partial charge in [0, 0.05) is 15.9 Å². The molecule has 0 aliphatic carbocycles. The third-order valence-electron chi connectivity index (χ3n) is 13.1. The number of carbonyl (C=O) groups excluding carboxylic acids is 2. The standard InChI is InChI=1S/C50H72ClN3O3/c1-9-34(10-2)47(35(11-3)12-4)48(36(13-5)14-6)37(15-7)32-57-50(56)44(23-19-20-28-52)53-46(55)30-42-41-29-33(8)43(51)31-45(41)54-49(42)40-26-24-39(25-27-40)38-21-17-16-18-22-38/h16-18,21-22,24-27,29,31,34-37,44,47-48,54H,9-15,19-20,23,28,30,32,52H2,1-8H3,(H,53,55)/t37?,44-,48?/m0/s1. The third kappa shape index (κ3) is 11.8. The number of nitrogens with two attached hydrogens (primary N) is 1. The highest BCUT2D eigenvalue weighted by Crippen LogP contribution is 2.46. The van der Waals surface area contributed by atoms with Crippen LogP contribution in [0.25, 0.3) is 33.3 Å². The van der Waals surface area contributed by atoms with E-state index in [0.29, 0.717) is 54.2 Å². The van der Waals surface area contributed by atoms with Gasteiger partial charge in [0.15, 0.2) is 0 Å². The number of ether oxygens (including phenoxy) is 1. The quantitative estimate of drug-likeness (QED) is 0.0486. The molecule has 2 unspecified atom stereocenters. The number of nitrogens with one attached hydrogen (secondary N) is 2. The Morgan fingerprint density at radius 2 is 1.25 bits per heavy atom. The average Bonchev–Trinajstić information content (AvgIpc) is 3.56. The van der Waals surface area contributed by atoms with Gasteiger partial charge in [-0.25, -0.2) is 4.79 Å². The number of halogens is 1. The van der Waals surface area contributed by atoms with E-state index >= 15 is 0 Å². The van der Waals surface area contributed by atoms with E-state index in [-0.39, 0.29) is 24.2 Å². The monoisotopic (exact) mass is 798 g/mol. The van der Waals surface area contributed by atoms with Crippen molar-refractivity contribution in [3.05, 3.63) is 82.9 Å². The third-order valence-corrected chi connectivity index (χ3v) is 13.5. The largest absolute Gasteiger partial charge is 0.464 e. The molecule has 3 atom stereocenters. The van der Waals surface area contributed by atoms with Crippen LogP contribution in [0.5, 0.6) is 0 Å². The summed E-state index contributed by atoms with van der Waals surface area (Å²) in [5, 5.41) is 4.74. The lowest BCUT2D eigenvalue weighted by atomic mass is 9.60. The second-order valence-corrected chi connectivity index (χ2v) is 16.7. The van der Waals surface area contributed by atoms with Gasteiger partial charge in [-0.05, 0) is 115 Å². The molecule has 1 heterocycles. The van der Waals surface area contributed by atoms with Crippen LogP contribution in [0.4, 0.5) is 0 Å². The number of H-pyrrole nitrogens is 1. The maximum absolute atomic E-state index is 14.1. The lowest BCUT2D eigenvalue weighted by molar-refractivity contribution is -0.151. The Balaban J connectivity index is 1.61. The van der Waals surface area contributed by atoms with Crippen molar-refractivity contribution in [2.24, 2.45) is 41.2 Å². The molecule has 0 bridgehead atoms. The highest BCUT2D eigenvalue weighted by Gasteiger charge is 2.40. The fraction of sp³-hybridized carbons (Fsp3) is 0.560. The van der Waals surface area contributed by atoms with E-state index in [2.05, 4.69) is 95.2 Å². The van der Waals surface area contributed by atoms with Crippen molar-refractivity contribution in [1.29, 1.82) is 0 Å². The zero-order valence-corrected chi connectivity index (χ0v) is 37.0. The maximum Gasteiger partial charge on any atom is 0.328 e. The first-order valence-corrected chi connectivity index (χ1v) is 22.6. The molecule has 0 aliphatic rings. The Morgan fingerprint density at radius 3 is 1.79 bits per heavy atom. The molecular formula is C50H72ClN3O3. The molecule has 1 amide bonds. The fourth-order valence-electron chi connectivity index (χ4n) is 9.73. The number of hydrogen-bond donors (Lipinski definition) is 3. The van der Waals surface area contributed by atoms with Gasteiger partial charge in [-0.1, -0.05) is 153 Å². The summed E-state index contributed by atoms with van der Waals surface area (Å²) in [6.07, 6.45) is 9.95. The molecule has 57 heavy (non-hydrogen) atoms. The van der Waals surface area contributed by atoms with Gasteiger partial charge in [-0.15, -0.1) is 0 Å². The van der Waals surface area contributed by atoms with Gasteiger partial charge in [-0.2, -0.15) is 0 Å². The molecule has 1 aromatic heterocycles. The number of benzene rings is 3. The van der Waals surface area contributed by atoms with E-state index in [1.165, 1.54) is 25.7 Å². The predicted octanol–water partition coefficient (Wildman–Crippen LogP) is 12.7. The topological polar surface area (TPSA) is 97.2 Å². The van der Waals surface area contributed by atoms with Crippen LogP contribution in [0.2, 0.25) is 5.02 Å². The van der Waals surface area contributed by atoms with Crippen LogP contribution in [-0.2, 0) is 20.7 Å². The molecular weight excluding hydrogens is 726 g/mol. The molecule has 6 nitrogen and oxygen atoms in total. The SMILES string of the molecule is CCC(CC)C(C(CC)CC)C(C(CC)CC)C(CC)COC(=O)[C@H](CCCCN)NC(=O)Cc1c(-c2ccc(-c3ccccc3)cc2)[nH]c2cc(Cl)c(C)cc12. The second-order valence-electron chi connectivity index (χ2n) is 16.3. The first-order valence-electron chi connectivity index (χ1n) is 22.2. The van der Waals surface area contributed by atoms with Crippen molar-refractivity contribution in [3.63, 3.8) is 0 Å². The minimum absolute atomic E-state index is 0.0956. The molecule has 4 aromatic rings. The van der Waals surface area contributed by atoms with E-state index in [9.17, 15) is 9.59 Å². The smallest absolute Gasteiger partial charge is 0.328 e. The number of rotatable bonds is 24. The second kappa shape index (κ2) is 23.1. The first kappa shape index (κ1) is 46.1. The van der Waals surface area contributed by atoms with E-state index in [1.807, 2.05) is 37.3 Å². The molecule has 4 N–H and O–H groups in total. The Hall–Kier alpha value is -3.61. The lowest BCUT2D eigenvalue weighted by Gasteiger charge is -2.45. The van der Waals surface area contributed by atoms with Gasteiger partial charge < -0.3 is 20.8 Å². The summed E-state index contributed by atoms with van der Waals surface area (Å²) in [5.74, 6) is 2.60. The Morgan fingerprint density at radius 1 is 0.719 bits per heavy atom. The summed E-state index contributed by atoms with van der Waals surface area (Å²) >= 11 is 6.59. The Bertz CT molecular complexity index is 1800. The zero-order valence-electron chi connectivity index (χ0n) is 36.3. The molecule has 0 radical (unpaired) electrons. The van der Waals surface area contributed by atoms with Gasteiger partial charge in [0.25, 0.3) is 0 Å². The Labute approximate surface area is 349 Å². The summed E-state index contributed by atoms with van der Waals surface area (Å²) in [4.78, 5) is 31.8. The van der Waals surface area contributed by atoms with Crippen LogP contribution < -0.4 is 11.1 Å². The van der Waals surface area contributed by atoms with Gasteiger partial charge in [-0.3, -0.25) is 4.79 Å². The van der Waals surface area contributed by atoms with Crippen molar-refractivity contribution < 1.29 is 14.3 Å². The molecule has 0 fully saturated rings. The number of unbranched alkanes of at least 4 members (excludes halogenated alkanes) is 1. The molecule has 3 aromatic carbocycles. The number of aryl methyl sites for hydroxylation is 1. The highest BCUT2D eigenvalue weighted by molar-refractivity contribution is 6.32. The molecule has 4 rings (SSSR count). The minimum Gasteiger partial charge on any atom is -0.464 e. The van der Waals surface area contributed by atoms with Crippen molar-refractivity contribution in [2.75, 3.05) is 13.2 Å². The number of aromatic nitrogens is 1. The van der Waals surface area contributed by atoms with Crippen LogP contribution >= 0.6 is 11.6 Å². The van der Waals surface area contributed by atoms with Gasteiger partial charge in [0.05, 0.1) is 18.7 Å². The summed E-state index contributed by atoms with van der Waals surface area (Å²) in [6, 6.07) is 21.9. The highest BCUT2D eigenvalue weighted by atomic mass is 35.5. The van der Waals surface area contributed by atoms with Gasteiger partial charge >= 0.3 is 5.97 Å². The van der Waals surface area contributed by atoms with Crippen LogP contribution in [0, 0.1) is 42.4 Å². The van der Waals surface area contributed by atoms with Crippen LogP contribution in [0.1, 0.15) is 124 Å². The first-order chi connectivity index (χ1) is 27.6. The normalized spacial score (nSPS) is 13.5. The number of aromatic amines is 1. The summed E-state index contributed by atoms with van der Waals surface area (Å²) < 4.78 is 6.32. The van der Waals surface area contributed by atoms with E-state index < -0.39 is 6.04 Å². The van der Waals surface area contributed by atoms with Gasteiger partial charge in [0.1, 0.15) is 6.04 Å². The number of fused-ring (bicyclic) bond motifs is 1. The summed E-state index contributed by atoms with van der Waals surface area (Å²) in [7, 11) is 0. The van der Waals surface area contributed by atoms with Crippen LogP contribution in [-0.4, -0.2) is 36.1 Å². The lowest BCUT2D eigenvalue weighted by Crippen LogP contribution is -2.44. The number of carbonyl (C=O) groups is 2. The van der Waals surface area contributed by atoms with Crippen molar-refractivity contribution in [1.82, 2.24) is 10.3 Å². The molecule has 0 spiro atoms. The zero-order chi connectivity index (χ0) is 41.5. The van der Waals surface area contributed by atoms with Crippen molar-refractivity contribution >= 4 is 34.4 Å². The van der Waals surface area contributed by atoms with Crippen LogP contribution in [0.15, 0.2) is 66.7 Å². The minimum atomic E-state index is -0.753. The predicted molar refractivity (Wildman–Crippen MR) is 241 cm³/mol. The van der Waals surface area contributed by atoms with E-state index in [1.54, 1.807) is 0 Å². The molecule has 0 aliphatic heterocycles. The molecule has 7 heteroatoms. The number of esters is 1. The van der Waals surface area contributed by atoms with Crippen molar-refractivity contribution in [3.8, 4) is 22.4 Å². The number of amides is 1. The van der Waals surface area contributed by atoms with E-state index in [0.717, 1.165) is 76.5 Å². The fourth-order valence-corrected chi connectivity index (χ4v) is 9.90. The van der Waals surface area contributed by atoms with Gasteiger partial charge in [0.2, 0.25) is 5.91 Å². The summed E-state index contributed by atoms with van der Waals surface area (Å²) in [5.41, 5.74) is 12.7. The Kier molecular flexibility index (Phi) is 18.7. The molecule has 0 saturated carbocycles. The van der Waals surface area contributed by atoms with Crippen LogP contribution in [0.3, 0.4) is 0 Å².